The van der Waals surface area contributed by atoms with Gasteiger partial charge in [-0.3, -0.25) is 9.59 Å². The van der Waals surface area contributed by atoms with E-state index in [-0.39, 0.29) is 24.2 Å². The van der Waals surface area contributed by atoms with E-state index in [0.717, 1.165) is 18.4 Å². The van der Waals surface area contributed by atoms with Gasteiger partial charge in [-0.2, -0.15) is 0 Å². The van der Waals surface area contributed by atoms with E-state index in [4.69, 9.17) is 6.57 Å². The molecule has 4 heteroatoms. The number of carbonyl (C=O) groups is 2. The third-order valence-electron chi connectivity index (χ3n) is 3.04. The molecule has 2 rings (SSSR count). The van der Waals surface area contributed by atoms with Gasteiger partial charge in [0.25, 0.3) is 0 Å². The molecular formula is C14H14N2O2. The first-order valence-corrected chi connectivity index (χ1v) is 5.97. The maximum Gasteiger partial charge on any atom is 0.224 e. The number of ketones is 1. The lowest BCUT2D eigenvalue weighted by Gasteiger charge is -2.10. The first kappa shape index (κ1) is 12.3. The molecule has 1 aromatic rings. The molecule has 0 radical (unpaired) electrons. The van der Waals surface area contributed by atoms with E-state index in [1.807, 2.05) is 6.07 Å². The Bertz CT molecular complexity index is 517. The lowest BCUT2D eigenvalue weighted by Crippen LogP contribution is -2.38. The van der Waals surface area contributed by atoms with Gasteiger partial charge < -0.3 is 5.32 Å². The molecule has 92 valence electrons. The van der Waals surface area contributed by atoms with Crippen molar-refractivity contribution in [2.24, 2.45) is 0 Å². The predicted molar refractivity (Wildman–Crippen MR) is 67.2 cm³/mol. The van der Waals surface area contributed by atoms with E-state index in [0.29, 0.717) is 12.1 Å². The van der Waals surface area contributed by atoms with Crippen molar-refractivity contribution in [2.75, 3.05) is 0 Å². The van der Waals surface area contributed by atoms with Crippen molar-refractivity contribution < 1.29 is 9.59 Å². The van der Waals surface area contributed by atoms with Gasteiger partial charge in [-0.15, -0.1) is 0 Å². The maximum absolute atomic E-state index is 11.8. The molecule has 1 aromatic carbocycles. The molecule has 0 heterocycles. The summed E-state index contributed by atoms with van der Waals surface area (Å²) in [7, 11) is 0. The van der Waals surface area contributed by atoms with Crippen molar-refractivity contribution in [1.29, 1.82) is 0 Å². The second-order valence-corrected chi connectivity index (χ2v) is 4.44. The van der Waals surface area contributed by atoms with E-state index in [1.165, 1.54) is 0 Å². The number of rotatable bonds is 3. The van der Waals surface area contributed by atoms with Gasteiger partial charge in [-0.05, 0) is 18.4 Å². The second kappa shape index (κ2) is 5.46. The summed E-state index contributed by atoms with van der Waals surface area (Å²) in [6.45, 7) is 6.91. The highest BCUT2D eigenvalue weighted by molar-refractivity contribution is 5.91. The molecule has 0 saturated heterocycles. The number of Topliss-reactive ketones (excluding diaryl/α,β-unsaturated/α-hetero) is 1. The van der Waals surface area contributed by atoms with E-state index >= 15 is 0 Å². The van der Waals surface area contributed by atoms with Gasteiger partial charge in [0.15, 0.2) is 11.5 Å². The van der Waals surface area contributed by atoms with Gasteiger partial charge in [-0.1, -0.05) is 24.3 Å². The van der Waals surface area contributed by atoms with Crippen LogP contribution in [0.3, 0.4) is 0 Å². The van der Waals surface area contributed by atoms with Crippen LogP contribution in [0.2, 0.25) is 0 Å². The van der Waals surface area contributed by atoms with E-state index in [2.05, 4.69) is 10.2 Å². The van der Waals surface area contributed by atoms with Crippen LogP contribution in [0.4, 0.5) is 5.69 Å². The first-order valence-electron chi connectivity index (χ1n) is 5.97. The van der Waals surface area contributed by atoms with Crippen LogP contribution in [0.1, 0.15) is 24.8 Å². The Morgan fingerprint density at radius 1 is 1.50 bits per heavy atom. The Morgan fingerprint density at radius 3 is 3.00 bits per heavy atom. The molecule has 18 heavy (non-hydrogen) atoms. The Balaban J connectivity index is 1.94. The van der Waals surface area contributed by atoms with Crippen molar-refractivity contribution in [3.8, 4) is 0 Å². The van der Waals surface area contributed by atoms with Crippen LogP contribution in [0, 0.1) is 6.57 Å². The zero-order chi connectivity index (χ0) is 13.0. The number of nitrogens with zero attached hydrogens (tertiary/aromatic N) is 1. The number of hydrogen-bond donors (Lipinski definition) is 1. The van der Waals surface area contributed by atoms with Crippen LogP contribution < -0.4 is 5.32 Å². The normalized spacial score (nSPS) is 18.4. The van der Waals surface area contributed by atoms with Gasteiger partial charge in [-0.25, -0.2) is 4.85 Å². The zero-order valence-corrected chi connectivity index (χ0v) is 9.98. The topological polar surface area (TPSA) is 50.5 Å². The third kappa shape index (κ3) is 2.95. The number of nitrogens with one attached hydrogen (secondary N) is 1. The summed E-state index contributed by atoms with van der Waals surface area (Å²) in [6, 6.07) is 6.67. The Morgan fingerprint density at radius 2 is 2.33 bits per heavy atom. The number of hydrogen-bond acceptors (Lipinski definition) is 2. The van der Waals surface area contributed by atoms with E-state index in [9.17, 15) is 9.59 Å². The largest absolute Gasteiger partial charge is 0.346 e. The van der Waals surface area contributed by atoms with Gasteiger partial charge >= 0.3 is 0 Å². The van der Waals surface area contributed by atoms with Gasteiger partial charge in [0.2, 0.25) is 5.91 Å². The average Bonchev–Trinajstić information content (AvgIpc) is 2.75. The SMILES string of the molecule is [C-]#[N+]c1cccc(CC(=O)N[C@@H]2CCCC2=O)c1. The molecule has 0 spiro atoms. The second-order valence-electron chi connectivity index (χ2n) is 4.44. The fourth-order valence-corrected chi connectivity index (χ4v) is 2.14. The Hall–Kier alpha value is -2.15. The highest BCUT2D eigenvalue weighted by Gasteiger charge is 2.25. The lowest BCUT2D eigenvalue weighted by molar-refractivity contribution is -0.126. The van der Waals surface area contributed by atoms with Crippen LogP contribution in [0.5, 0.6) is 0 Å². The minimum atomic E-state index is -0.304. The average molecular weight is 242 g/mol. The maximum atomic E-state index is 11.8. The molecule has 1 aliphatic rings. The first-order chi connectivity index (χ1) is 8.69. The molecule has 4 nitrogen and oxygen atoms in total. The summed E-state index contributed by atoms with van der Waals surface area (Å²) in [5.41, 5.74) is 1.32. The molecule has 1 amide bonds. The molecule has 0 unspecified atom stereocenters. The zero-order valence-electron chi connectivity index (χ0n) is 9.98. The molecule has 0 aromatic heterocycles. The van der Waals surface area contributed by atoms with Crippen LogP contribution in [0.15, 0.2) is 24.3 Å². The van der Waals surface area contributed by atoms with Gasteiger partial charge in [0.1, 0.15) is 0 Å². The minimum absolute atomic E-state index is 0.123. The molecule has 0 bridgehead atoms. The minimum Gasteiger partial charge on any atom is -0.346 e. The van der Waals surface area contributed by atoms with Crippen molar-refractivity contribution >= 4 is 17.4 Å². The summed E-state index contributed by atoms with van der Waals surface area (Å²) in [6.07, 6.45) is 2.38. The molecule has 1 aliphatic carbocycles. The Labute approximate surface area is 106 Å². The summed E-state index contributed by atoms with van der Waals surface area (Å²) >= 11 is 0. The molecule has 1 saturated carbocycles. The molecule has 1 fully saturated rings. The van der Waals surface area contributed by atoms with Crippen LogP contribution in [-0.2, 0) is 16.0 Å². The molecular weight excluding hydrogens is 228 g/mol. The van der Waals surface area contributed by atoms with Crippen molar-refractivity contribution in [2.45, 2.75) is 31.7 Å². The highest BCUT2D eigenvalue weighted by Crippen LogP contribution is 2.16. The summed E-state index contributed by atoms with van der Waals surface area (Å²) in [4.78, 5) is 26.5. The number of carbonyl (C=O) groups excluding carboxylic acids is 2. The van der Waals surface area contributed by atoms with Crippen LogP contribution in [0.25, 0.3) is 4.85 Å². The summed E-state index contributed by atoms with van der Waals surface area (Å²) in [5, 5.41) is 2.75. The van der Waals surface area contributed by atoms with Gasteiger partial charge in [0.05, 0.1) is 19.0 Å². The number of amides is 1. The standard InChI is InChI=1S/C14H14N2O2/c1-15-11-5-2-4-10(8-11)9-14(18)16-12-6-3-7-13(12)17/h2,4-5,8,12H,3,6-7,9H2,(H,16,18)/t12-/m1/s1. The lowest BCUT2D eigenvalue weighted by atomic mass is 10.1. The summed E-state index contributed by atoms with van der Waals surface area (Å²) in [5.74, 6) is -0.0318. The van der Waals surface area contributed by atoms with E-state index < -0.39 is 0 Å². The highest BCUT2D eigenvalue weighted by atomic mass is 16.2. The fourth-order valence-electron chi connectivity index (χ4n) is 2.14. The fraction of sp³-hybridized carbons (Fsp3) is 0.357. The van der Waals surface area contributed by atoms with E-state index in [1.54, 1.807) is 18.2 Å². The third-order valence-corrected chi connectivity index (χ3v) is 3.04. The smallest absolute Gasteiger partial charge is 0.224 e. The number of benzene rings is 1. The van der Waals surface area contributed by atoms with Crippen molar-refractivity contribution in [3.05, 3.63) is 41.2 Å². The van der Waals surface area contributed by atoms with Gasteiger partial charge in [0, 0.05) is 6.42 Å². The molecule has 0 aliphatic heterocycles. The predicted octanol–water partition coefficient (Wildman–Crippen LogP) is 2.02. The quantitative estimate of drug-likeness (QED) is 0.824. The van der Waals surface area contributed by atoms with Crippen molar-refractivity contribution in [1.82, 2.24) is 5.32 Å². The van der Waals surface area contributed by atoms with Crippen LogP contribution >= 0.6 is 0 Å². The molecule has 1 atom stereocenters. The van der Waals surface area contributed by atoms with Crippen molar-refractivity contribution in [3.63, 3.8) is 0 Å². The summed E-state index contributed by atoms with van der Waals surface area (Å²) < 4.78 is 0. The Kier molecular flexibility index (Phi) is 3.73. The molecule has 1 N–H and O–H groups in total. The monoisotopic (exact) mass is 242 g/mol. The van der Waals surface area contributed by atoms with Crippen LogP contribution in [-0.4, -0.2) is 17.7 Å².